The predicted molar refractivity (Wildman–Crippen MR) is 98.8 cm³/mol. The molecule has 1 amide bonds. The predicted octanol–water partition coefficient (Wildman–Crippen LogP) is 3.05. The molecule has 0 N–H and O–H groups in total. The summed E-state index contributed by atoms with van der Waals surface area (Å²) in [7, 11) is -0.444. The Hall–Kier alpha value is -1.04. The van der Waals surface area contributed by atoms with Crippen LogP contribution < -0.4 is 5.46 Å². The lowest BCUT2D eigenvalue weighted by Crippen LogP contribution is -2.41. The van der Waals surface area contributed by atoms with Crippen molar-refractivity contribution >= 4 is 30.1 Å². The van der Waals surface area contributed by atoms with Crippen LogP contribution in [0.4, 0.5) is 0 Å². The molecule has 6 heteroatoms. The second kappa shape index (κ2) is 7.07. The van der Waals surface area contributed by atoms with Crippen molar-refractivity contribution in [1.29, 1.82) is 0 Å². The van der Waals surface area contributed by atoms with Gasteiger partial charge in [-0.2, -0.15) is 0 Å². The fraction of sp³-hybridized carbons (Fsp3) is 0.611. The zero-order chi connectivity index (χ0) is 18.1. The van der Waals surface area contributed by atoms with Gasteiger partial charge < -0.3 is 14.2 Å². The molecule has 0 spiro atoms. The number of hydrogen-bond donors (Lipinski definition) is 0. The molecule has 0 aromatic heterocycles. The highest BCUT2D eigenvalue weighted by Gasteiger charge is 2.51. The number of hydrogen-bond acceptors (Lipinski definition) is 3. The number of benzene rings is 1. The van der Waals surface area contributed by atoms with Gasteiger partial charge >= 0.3 is 7.12 Å². The SMILES string of the molecule is CCN(CC)C(=O)Cc1ccc(B2OC(C)(C)C(C)(C)O2)cc1Cl. The molecule has 1 aromatic rings. The van der Waals surface area contributed by atoms with Crippen LogP contribution in [0.2, 0.25) is 5.02 Å². The van der Waals surface area contributed by atoms with E-state index in [4.69, 9.17) is 20.9 Å². The van der Waals surface area contributed by atoms with Crippen LogP contribution in [-0.4, -0.2) is 42.2 Å². The van der Waals surface area contributed by atoms with E-state index in [1.165, 1.54) is 0 Å². The Morgan fingerprint density at radius 3 is 2.12 bits per heavy atom. The first-order chi connectivity index (χ1) is 11.1. The second-order valence-electron chi connectivity index (χ2n) is 7.18. The van der Waals surface area contributed by atoms with E-state index in [0.717, 1.165) is 11.0 Å². The first-order valence-corrected chi connectivity index (χ1v) is 8.90. The van der Waals surface area contributed by atoms with Gasteiger partial charge in [0.2, 0.25) is 5.91 Å². The average Bonchev–Trinajstić information content (AvgIpc) is 2.71. The number of amides is 1. The van der Waals surface area contributed by atoms with Crippen LogP contribution >= 0.6 is 11.6 Å². The molecule has 24 heavy (non-hydrogen) atoms. The first-order valence-electron chi connectivity index (χ1n) is 8.53. The zero-order valence-electron chi connectivity index (χ0n) is 15.5. The Bertz CT molecular complexity index is 598. The molecule has 0 bridgehead atoms. The third-order valence-electron chi connectivity index (χ3n) is 5.06. The van der Waals surface area contributed by atoms with Gasteiger partial charge in [0.15, 0.2) is 0 Å². The molecule has 1 heterocycles. The van der Waals surface area contributed by atoms with Crippen LogP contribution in [0.5, 0.6) is 0 Å². The lowest BCUT2D eigenvalue weighted by Gasteiger charge is -2.32. The molecule has 1 fully saturated rings. The Balaban J connectivity index is 2.15. The Morgan fingerprint density at radius 2 is 1.67 bits per heavy atom. The van der Waals surface area contributed by atoms with Gasteiger partial charge in [-0.1, -0.05) is 23.7 Å². The maximum Gasteiger partial charge on any atom is 0.494 e. The van der Waals surface area contributed by atoms with Crippen LogP contribution in [0.25, 0.3) is 0 Å². The molecule has 1 aliphatic heterocycles. The zero-order valence-corrected chi connectivity index (χ0v) is 16.2. The number of likely N-dealkylation sites (N-methyl/N-ethyl adjacent to an activating group) is 1. The summed E-state index contributed by atoms with van der Waals surface area (Å²) in [4.78, 5) is 14.1. The minimum absolute atomic E-state index is 0.0882. The van der Waals surface area contributed by atoms with Crippen molar-refractivity contribution in [3.63, 3.8) is 0 Å². The number of nitrogens with zero attached hydrogens (tertiary/aromatic N) is 1. The summed E-state index contributed by atoms with van der Waals surface area (Å²) in [5.74, 6) is 0.0882. The molecule has 0 unspecified atom stereocenters. The molecule has 1 aliphatic rings. The highest BCUT2D eigenvalue weighted by Crippen LogP contribution is 2.36. The fourth-order valence-electron chi connectivity index (χ4n) is 2.68. The minimum Gasteiger partial charge on any atom is -0.399 e. The van der Waals surface area contributed by atoms with Gasteiger partial charge in [0, 0.05) is 18.1 Å². The summed E-state index contributed by atoms with van der Waals surface area (Å²) in [6.07, 6.45) is 0.310. The van der Waals surface area contributed by atoms with Gasteiger partial charge in [-0.25, -0.2) is 0 Å². The molecule has 0 aliphatic carbocycles. The van der Waals surface area contributed by atoms with Crippen molar-refractivity contribution in [1.82, 2.24) is 4.90 Å². The summed E-state index contributed by atoms with van der Waals surface area (Å²) >= 11 is 6.40. The van der Waals surface area contributed by atoms with Crippen molar-refractivity contribution in [2.45, 2.75) is 59.2 Å². The van der Waals surface area contributed by atoms with Crippen LogP contribution in [0, 0.1) is 0 Å². The number of rotatable bonds is 5. The van der Waals surface area contributed by atoms with Crippen molar-refractivity contribution < 1.29 is 14.1 Å². The van der Waals surface area contributed by atoms with Gasteiger partial charge in [0.1, 0.15) is 0 Å². The smallest absolute Gasteiger partial charge is 0.399 e. The number of carbonyl (C=O) groups is 1. The van der Waals surface area contributed by atoms with E-state index < -0.39 is 7.12 Å². The van der Waals surface area contributed by atoms with E-state index in [9.17, 15) is 4.79 Å². The third kappa shape index (κ3) is 3.79. The first kappa shape index (κ1) is 19.3. The van der Waals surface area contributed by atoms with Crippen LogP contribution in [0.15, 0.2) is 18.2 Å². The van der Waals surface area contributed by atoms with Gasteiger partial charge in [-0.05, 0) is 58.6 Å². The van der Waals surface area contributed by atoms with Gasteiger partial charge in [-0.15, -0.1) is 0 Å². The average molecular weight is 352 g/mol. The lowest BCUT2D eigenvalue weighted by atomic mass is 9.78. The number of carbonyl (C=O) groups excluding carboxylic acids is 1. The monoisotopic (exact) mass is 351 g/mol. The minimum atomic E-state index is -0.444. The summed E-state index contributed by atoms with van der Waals surface area (Å²) in [6, 6.07) is 5.66. The van der Waals surface area contributed by atoms with E-state index in [2.05, 4.69) is 0 Å². The molecular weight excluding hydrogens is 324 g/mol. The van der Waals surface area contributed by atoms with Crippen molar-refractivity contribution in [2.24, 2.45) is 0 Å². The lowest BCUT2D eigenvalue weighted by molar-refractivity contribution is -0.130. The quantitative estimate of drug-likeness (QED) is 0.765. The van der Waals surface area contributed by atoms with Crippen molar-refractivity contribution in [2.75, 3.05) is 13.1 Å². The van der Waals surface area contributed by atoms with E-state index in [1.807, 2.05) is 59.7 Å². The standard InChI is InChI=1S/C18H27BClNO3/c1-7-21(8-2)16(22)11-13-9-10-14(12-15(13)20)19-23-17(3,4)18(5,6)24-19/h9-10,12H,7-8,11H2,1-6H3. The molecule has 0 radical (unpaired) electrons. The summed E-state index contributed by atoms with van der Waals surface area (Å²) < 4.78 is 12.1. The van der Waals surface area contributed by atoms with Crippen LogP contribution in [0.3, 0.4) is 0 Å². The van der Waals surface area contributed by atoms with Gasteiger partial charge in [0.25, 0.3) is 0 Å². The molecule has 4 nitrogen and oxygen atoms in total. The maximum absolute atomic E-state index is 12.3. The summed E-state index contributed by atoms with van der Waals surface area (Å²) in [5.41, 5.74) is 0.926. The van der Waals surface area contributed by atoms with Gasteiger partial charge in [0.05, 0.1) is 17.6 Å². The Morgan fingerprint density at radius 1 is 1.12 bits per heavy atom. The second-order valence-corrected chi connectivity index (χ2v) is 7.59. The molecule has 0 atom stereocenters. The summed E-state index contributed by atoms with van der Waals surface area (Å²) in [5, 5.41) is 0.572. The molecule has 132 valence electrons. The van der Waals surface area contributed by atoms with Crippen LogP contribution in [0.1, 0.15) is 47.1 Å². The third-order valence-corrected chi connectivity index (χ3v) is 5.41. The van der Waals surface area contributed by atoms with E-state index in [0.29, 0.717) is 24.5 Å². The molecular formula is C18H27BClNO3. The molecule has 2 rings (SSSR count). The Labute approximate surface area is 150 Å². The van der Waals surface area contributed by atoms with Crippen LogP contribution in [-0.2, 0) is 20.5 Å². The topological polar surface area (TPSA) is 38.8 Å². The highest BCUT2D eigenvalue weighted by molar-refractivity contribution is 6.62. The molecule has 0 saturated carbocycles. The maximum atomic E-state index is 12.3. The van der Waals surface area contributed by atoms with Gasteiger partial charge in [-0.3, -0.25) is 4.79 Å². The fourth-order valence-corrected chi connectivity index (χ4v) is 2.94. The van der Waals surface area contributed by atoms with Crippen molar-refractivity contribution in [3.8, 4) is 0 Å². The van der Waals surface area contributed by atoms with E-state index in [1.54, 1.807) is 4.90 Å². The van der Waals surface area contributed by atoms with E-state index >= 15 is 0 Å². The largest absolute Gasteiger partial charge is 0.494 e. The summed E-state index contributed by atoms with van der Waals surface area (Å²) in [6.45, 7) is 13.4. The normalized spacial score (nSPS) is 18.7. The van der Waals surface area contributed by atoms with Crippen molar-refractivity contribution in [3.05, 3.63) is 28.8 Å². The van der Waals surface area contributed by atoms with E-state index in [-0.39, 0.29) is 17.1 Å². The molecule has 1 aromatic carbocycles. The Kier molecular flexibility index (Phi) is 5.68. The number of halogens is 1. The highest BCUT2D eigenvalue weighted by atomic mass is 35.5. The molecule has 1 saturated heterocycles.